The summed E-state index contributed by atoms with van der Waals surface area (Å²) in [6.07, 6.45) is 1.61. The second kappa shape index (κ2) is 6.74. The van der Waals surface area contributed by atoms with E-state index in [1.54, 1.807) is 12.1 Å². The SMILES string of the molecule is CCC(CCO)CNc1cccc(S(N)(=O)=O)c1N. The summed E-state index contributed by atoms with van der Waals surface area (Å²) in [5, 5.41) is 17.1. The maximum Gasteiger partial charge on any atom is 0.240 e. The van der Waals surface area contributed by atoms with Gasteiger partial charge in [0.05, 0.1) is 11.4 Å². The van der Waals surface area contributed by atoms with Crippen molar-refractivity contribution in [2.24, 2.45) is 11.1 Å². The lowest BCUT2D eigenvalue weighted by molar-refractivity contribution is 0.258. The van der Waals surface area contributed by atoms with E-state index >= 15 is 0 Å². The molecule has 1 rings (SSSR count). The standard InChI is InChI=1S/C12H21N3O3S/c1-2-9(6-7-16)8-15-10-4-3-5-11(12(10)13)19(14,17)18/h3-5,9,15-16H,2,6-8,13H2,1H3,(H2,14,17,18). The highest BCUT2D eigenvalue weighted by molar-refractivity contribution is 7.89. The Morgan fingerprint density at radius 2 is 2.11 bits per heavy atom. The minimum atomic E-state index is -3.82. The number of nitrogens with two attached hydrogens (primary N) is 2. The van der Waals surface area contributed by atoms with Gasteiger partial charge in [0.2, 0.25) is 10.0 Å². The maximum absolute atomic E-state index is 11.3. The molecule has 6 N–H and O–H groups in total. The van der Waals surface area contributed by atoms with Gasteiger partial charge in [0.1, 0.15) is 4.90 Å². The van der Waals surface area contributed by atoms with Crippen molar-refractivity contribution in [2.75, 3.05) is 24.2 Å². The number of sulfonamides is 1. The van der Waals surface area contributed by atoms with E-state index in [4.69, 9.17) is 16.0 Å². The molecule has 19 heavy (non-hydrogen) atoms. The van der Waals surface area contributed by atoms with Gasteiger partial charge in [-0.05, 0) is 24.5 Å². The Morgan fingerprint density at radius 1 is 1.42 bits per heavy atom. The van der Waals surface area contributed by atoms with Crippen molar-refractivity contribution in [1.29, 1.82) is 0 Å². The van der Waals surface area contributed by atoms with Gasteiger partial charge < -0.3 is 16.2 Å². The molecule has 0 amide bonds. The van der Waals surface area contributed by atoms with Crippen molar-refractivity contribution in [3.63, 3.8) is 0 Å². The number of primary sulfonamides is 1. The molecule has 108 valence electrons. The van der Waals surface area contributed by atoms with E-state index in [-0.39, 0.29) is 17.2 Å². The van der Waals surface area contributed by atoms with Gasteiger partial charge >= 0.3 is 0 Å². The van der Waals surface area contributed by atoms with Crippen LogP contribution in [0.25, 0.3) is 0 Å². The number of aliphatic hydroxyl groups is 1. The zero-order valence-corrected chi connectivity index (χ0v) is 11.8. The highest BCUT2D eigenvalue weighted by atomic mass is 32.2. The number of nitrogens with one attached hydrogen (secondary N) is 1. The summed E-state index contributed by atoms with van der Waals surface area (Å²) >= 11 is 0. The smallest absolute Gasteiger partial charge is 0.240 e. The van der Waals surface area contributed by atoms with Crippen LogP contribution in [0, 0.1) is 5.92 Å². The predicted molar refractivity (Wildman–Crippen MR) is 76.2 cm³/mol. The van der Waals surface area contributed by atoms with Crippen LogP contribution in [0.3, 0.4) is 0 Å². The molecule has 0 saturated heterocycles. The lowest BCUT2D eigenvalue weighted by Gasteiger charge is -2.17. The van der Waals surface area contributed by atoms with Gasteiger partial charge in [-0.25, -0.2) is 13.6 Å². The normalized spacial score (nSPS) is 13.2. The van der Waals surface area contributed by atoms with Gasteiger partial charge in [-0.3, -0.25) is 0 Å². The fourth-order valence-electron chi connectivity index (χ4n) is 1.83. The molecule has 0 bridgehead atoms. The number of benzene rings is 1. The number of para-hydroxylation sites is 1. The molecule has 0 aliphatic carbocycles. The van der Waals surface area contributed by atoms with Crippen molar-refractivity contribution in [3.05, 3.63) is 18.2 Å². The monoisotopic (exact) mass is 287 g/mol. The molecule has 1 unspecified atom stereocenters. The Morgan fingerprint density at radius 3 is 2.63 bits per heavy atom. The molecule has 0 radical (unpaired) electrons. The van der Waals surface area contributed by atoms with Gasteiger partial charge in [-0.15, -0.1) is 0 Å². The Kier molecular flexibility index (Phi) is 5.59. The lowest BCUT2D eigenvalue weighted by atomic mass is 10.0. The van der Waals surface area contributed by atoms with Crippen molar-refractivity contribution >= 4 is 21.4 Å². The van der Waals surface area contributed by atoms with Crippen LogP contribution in [-0.4, -0.2) is 26.7 Å². The summed E-state index contributed by atoms with van der Waals surface area (Å²) in [7, 11) is -3.82. The zero-order valence-electron chi connectivity index (χ0n) is 11.0. The van der Waals surface area contributed by atoms with E-state index in [0.29, 0.717) is 24.6 Å². The van der Waals surface area contributed by atoms with Crippen molar-refractivity contribution < 1.29 is 13.5 Å². The fraction of sp³-hybridized carbons (Fsp3) is 0.500. The van der Waals surface area contributed by atoms with E-state index in [0.717, 1.165) is 6.42 Å². The number of hydrogen-bond acceptors (Lipinski definition) is 5. The lowest BCUT2D eigenvalue weighted by Crippen LogP contribution is -2.18. The second-order valence-electron chi connectivity index (χ2n) is 4.43. The molecule has 1 aromatic carbocycles. The first-order valence-electron chi connectivity index (χ1n) is 6.16. The quantitative estimate of drug-likeness (QED) is 0.551. The molecule has 1 atom stereocenters. The molecule has 0 saturated carbocycles. The summed E-state index contributed by atoms with van der Waals surface area (Å²) < 4.78 is 22.7. The molecule has 0 fully saturated rings. The number of anilines is 2. The van der Waals surface area contributed by atoms with Crippen molar-refractivity contribution in [2.45, 2.75) is 24.7 Å². The summed E-state index contributed by atoms with van der Waals surface area (Å²) in [5.41, 5.74) is 6.47. The first kappa shape index (κ1) is 15.7. The molecule has 6 nitrogen and oxygen atoms in total. The van der Waals surface area contributed by atoms with Crippen LogP contribution in [0.15, 0.2) is 23.1 Å². The van der Waals surface area contributed by atoms with E-state index in [1.165, 1.54) is 6.07 Å². The van der Waals surface area contributed by atoms with E-state index < -0.39 is 10.0 Å². The number of rotatable bonds is 7. The van der Waals surface area contributed by atoms with E-state index in [1.807, 2.05) is 6.92 Å². The first-order chi connectivity index (χ1) is 8.90. The van der Waals surface area contributed by atoms with Gasteiger partial charge in [-0.2, -0.15) is 0 Å². The van der Waals surface area contributed by atoms with Crippen molar-refractivity contribution in [1.82, 2.24) is 0 Å². The minimum absolute atomic E-state index is 0.0762. The van der Waals surface area contributed by atoms with Crippen LogP contribution < -0.4 is 16.2 Å². The number of aliphatic hydroxyl groups excluding tert-OH is 1. The Balaban J connectivity index is 2.85. The molecule has 1 aromatic rings. The third-order valence-electron chi connectivity index (χ3n) is 3.07. The predicted octanol–water partition coefficient (Wildman–Crippen LogP) is 0.737. The van der Waals surface area contributed by atoms with Gasteiger partial charge in [-0.1, -0.05) is 19.4 Å². The largest absolute Gasteiger partial charge is 0.396 e. The summed E-state index contributed by atoms with van der Waals surface area (Å²) in [4.78, 5) is -0.0762. The van der Waals surface area contributed by atoms with Gasteiger partial charge in [0.25, 0.3) is 0 Å². The van der Waals surface area contributed by atoms with Gasteiger partial charge in [0.15, 0.2) is 0 Å². The van der Waals surface area contributed by atoms with E-state index in [2.05, 4.69) is 5.32 Å². The third-order valence-corrected chi connectivity index (χ3v) is 4.04. The van der Waals surface area contributed by atoms with Crippen LogP contribution in [0.2, 0.25) is 0 Å². The fourth-order valence-corrected chi connectivity index (χ4v) is 2.52. The van der Waals surface area contributed by atoms with Crippen LogP contribution in [-0.2, 0) is 10.0 Å². The second-order valence-corrected chi connectivity index (χ2v) is 5.96. The number of hydrogen-bond donors (Lipinski definition) is 4. The van der Waals surface area contributed by atoms with E-state index in [9.17, 15) is 8.42 Å². The molecular weight excluding hydrogens is 266 g/mol. The average Bonchev–Trinajstić information content (AvgIpc) is 2.34. The first-order valence-corrected chi connectivity index (χ1v) is 7.70. The van der Waals surface area contributed by atoms with Crippen LogP contribution in [0.4, 0.5) is 11.4 Å². The molecule has 0 aliphatic heterocycles. The Hall–Kier alpha value is -1.31. The highest BCUT2D eigenvalue weighted by Gasteiger charge is 2.15. The summed E-state index contributed by atoms with van der Waals surface area (Å²) in [6, 6.07) is 4.67. The van der Waals surface area contributed by atoms with Crippen LogP contribution >= 0.6 is 0 Å². The van der Waals surface area contributed by atoms with Gasteiger partial charge in [0, 0.05) is 13.2 Å². The molecule has 0 aliphatic rings. The molecule has 0 aromatic heterocycles. The molecule has 0 spiro atoms. The summed E-state index contributed by atoms with van der Waals surface area (Å²) in [5.74, 6) is 0.308. The topological polar surface area (TPSA) is 118 Å². The molecule has 0 heterocycles. The molecule has 7 heteroatoms. The zero-order chi connectivity index (χ0) is 14.5. The average molecular weight is 287 g/mol. The summed E-state index contributed by atoms with van der Waals surface area (Å²) in [6.45, 7) is 2.79. The minimum Gasteiger partial charge on any atom is -0.396 e. The Labute approximate surface area is 113 Å². The highest BCUT2D eigenvalue weighted by Crippen LogP contribution is 2.26. The molecular formula is C12H21N3O3S. The number of nitrogen functional groups attached to an aromatic ring is 1. The van der Waals surface area contributed by atoms with Crippen molar-refractivity contribution in [3.8, 4) is 0 Å². The van der Waals surface area contributed by atoms with Crippen LogP contribution in [0.5, 0.6) is 0 Å². The maximum atomic E-state index is 11.3. The third kappa shape index (κ3) is 4.38. The van der Waals surface area contributed by atoms with Crippen LogP contribution in [0.1, 0.15) is 19.8 Å². The Bertz CT molecular complexity index is 517.